The smallest absolute Gasteiger partial charge is 0.271 e. The molecule has 2 rings (SSSR count). The number of hydrogen-bond donors (Lipinski definition) is 2. The quantitative estimate of drug-likeness (QED) is 0.896. The summed E-state index contributed by atoms with van der Waals surface area (Å²) < 4.78 is 0. The van der Waals surface area contributed by atoms with Gasteiger partial charge in [0.05, 0.1) is 11.1 Å². The number of benzene rings is 1. The number of anilines is 1. The van der Waals surface area contributed by atoms with E-state index in [2.05, 4.69) is 15.6 Å². The number of rotatable bonds is 4. The zero-order valence-electron chi connectivity index (χ0n) is 11.7. The summed E-state index contributed by atoms with van der Waals surface area (Å²) in [6, 6.07) is 10.5. The molecule has 1 aromatic carbocycles. The molecular formula is C15H15Cl2N3O. The lowest BCUT2D eigenvalue weighted by Gasteiger charge is -2.15. The first kappa shape index (κ1) is 15.6. The molecule has 1 heterocycles. The molecule has 0 bridgehead atoms. The zero-order chi connectivity index (χ0) is 15.4. The van der Waals surface area contributed by atoms with Gasteiger partial charge >= 0.3 is 0 Å². The van der Waals surface area contributed by atoms with Crippen molar-refractivity contribution in [2.45, 2.75) is 13.0 Å². The maximum absolute atomic E-state index is 12.3. The second kappa shape index (κ2) is 6.78. The highest BCUT2D eigenvalue weighted by atomic mass is 35.5. The molecular weight excluding hydrogens is 309 g/mol. The summed E-state index contributed by atoms with van der Waals surface area (Å²) in [6.07, 6.45) is 0. The van der Waals surface area contributed by atoms with Gasteiger partial charge in [0.25, 0.3) is 5.91 Å². The summed E-state index contributed by atoms with van der Waals surface area (Å²) in [5.41, 5.74) is 1.15. The van der Waals surface area contributed by atoms with E-state index >= 15 is 0 Å². The van der Waals surface area contributed by atoms with E-state index in [4.69, 9.17) is 23.2 Å². The Morgan fingerprint density at radius 3 is 2.43 bits per heavy atom. The molecule has 2 aromatic rings. The maximum Gasteiger partial charge on any atom is 0.271 e. The van der Waals surface area contributed by atoms with Crippen molar-refractivity contribution >= 4 is 34.9 Å². The standard InChI is InChI=1S/C15H15Cl2N3O/c1-9(10-3-5-11(16)6-4-10)19-15(21)14-12(17)7-8-13(18-2)20-14/h3-9H,1-2H3,(H,18,20)(H,19,21). The van der Waals surface area contributed by atoms with Crippen molar-refractivity contribution in [3.05, 3.63) is 57.7 Å². The van der Waals surface area contributed by atoms with Gasteiger partial charge in [-0.2, -0.15) is 0 Å². The molecule has 0 fully saturated rings. The molecule has 1 aromatic heterocycles. The number of hydrogen-bond acceptors (Lipinski definition) is 3. The van der Waals surface area contributed by atoms with Gasteiger partial charge in [-0.05, 0) is 36.8 Å². The predicted molar refractivity (Wildman–Crippen MR) is 86.1 cm³/mol. The normalized spacial score (nSPS) is 11.8. The molecule has 1 amide bonds. The molecule has 4 nitrogen and oxygen atoms in total. The fraction of sp³-hybridized carbons (Fsp3) is 0.200. The van der Waals surface area contributed by atoms with E-state index in [1.165, 1.54) is 0 Å². The minimum atomic E-state index is -0.320. The van der Waals surface area contributed by atoms with Crippen LogP contribution < -0.4 is 10.6 Å². The van der Waals surface area contributed by atoms with Gasteiger partial charge in [-0.25, -0.2) is 4.98 Å². The number of nitrogens with zero attached hydrogens (tertiary/aromatic N) is 1. The van der Waals surface area contributed by atoms with Crippen molar-refractivity contribution in [1.82, 2.24) is 10.3 Å². The number of halogens is 2. The molecule has 0 saturated carbocycles. The molecule has 0 saturated heterocycles. The Labute approximate surface area is 133 Å². The van der Waals surface area contributed by atoms with Crippen LogP contribution in [-0.4, -0.2) is 17.9 Å². The minimum absolute atomic E-state index is 0.175. The summed E-state index contributed by atoms with van der Waals surface area (Å²) in [7, 11) is 1.73. The van der Waals surface area contributed by atoms with Gasteiger partial charge in [0, 0.05) is 12.1 Å². The Bertz CT molecular complexity index is 644. The fourth-order valence-corrected chi connectivity index (χ4v) is 2.16. The van der Waals surface area contributed by atoms with Gasteiger partial charge < -0.3 is 10.6 Å². The molecule has 21 heavy (non-hydrogen) atoms. The van der Waals surface area contributed by atoms with E-state index in [-0.39, 0.29) is 17.6 Å². The van der Waals surface area contributed by atoms with Crippen LogP contribution in [0.25, 0.3) is 0 Å². The maximum atomic E-state index is 12.3. The number of carbonyl (C=O) groups excluding carboxylic acids is 1. The zero-order valence-corrected chi connectivity index (χ0v) is 13.2. The monoisotopic (exact) mass is 323 g/mol. The topological polar surface area (TPSA) is 54.0 Å². The molecule has 0 aliphatic heterocycles. The molecule has 1 unspecified atom stereocenters. The van der Waals surface area contributed by atoms with Crippen LogP contribution in [-0.2, 0) is 0 Å². The van der Waals surface area contributed by atoms with Crippen molar-refractivity contribution in [3.8, 4) is 0 Å². The van der Waals surface area contributed by atoms with E-state index in [0.717, 1.165) is 5.56 Å². The van der Waals surface area contributed by atoms with Gasteiger partial charge in [0.2, 0.25) is 0 Å². The molecule has 0 aliphatic rings. The number of nitrogens with one attached hydrogen (secondary N) is 2. The molecule has 1 atom stereocenters. The largest absolute Gasteiger partial charge is 0.373 e. The third kappa shape index (κ3) is 3.86. The number of carbonyl (C=O) groups is 1. The molecule has 0 radical (unpaired) electrons. The van der Waals surface area contributed by atoms with E-state index in [9.17, 15) is 4.79 Å². The molecule has 0 spiro atoms. The van der Waals surface area contributed by atoms with Gasteiger partial charge in [0.1, 0.15) is 11.5 Å². The van der Waals surface area contributed by atoms with Gasteiger partial charge in [-0.15, -0.1) is 0 Å². The Hall–Kier alpha value is -1.78. The second-order valence-electron chi connectivity index (χ2n) is 4.52. The first-order valence-corrected chi connectivity index (χ1v) is 7.17. The first-order chi connectivity index (χ1) is 10.0. The molecule has 6 heteroatoms. The minimum Gasteiger partial charge on any atom is -0.373 e. The van der Waals surface area contributed by atoms with E-state index in [0.29, 0.717) is 15.9 Å². The van der Waals surface area contributed by atoms with Crippen LogP contribution in [0.5, 0.6) is 0 Å². The van der Waals surface area contributed by atoms with Crippen LogP contribution in [0.1, 0.15) is 29.0 Å². The summed E-state index contributed by atoms with van der Waals surface area (Å²) in [5.74, 6) is 0.267. The van der Waals surface area contributed by atoms with Crippen LogP contribution in [0.3, 0.4) is 0 Å². The predicted octanol–water partition coefficient (Wildman–Crippen LogP) is 3.92. The average Bonchev–Trinajstić information content (AvgIpc) is 2.48. The number of amides is 1. The van der Waals surface area contributed by atoms with Gasteiger partial charge in [0.15, 0.2) is 0 Å². The highest BCUT2D eigenvalue weighted by molar-refractivity contribution is 6.33. The van der Waals surface area contributed by atoms with E-state index in [1.807, 2.05) is 19.1 Å². The van der Waals surface area contributed by atoms with Crippen molar-refractivity contribution in [2.75, 3.05) is 12.4 Å². The van der Waals surface area contributed by atoms with Crippen molar-refractivity contribution in [1.29, 1.82) is 0 Å². The summed E-state index contributed by atoms with van der Waals surface area (Å²) in [4.78, 5) is 16.4. The van der Waals surface area contributed by atoms with Crippen molar-refractivity contribution < 1.29 is 4.79 Å². The summed E-state index contributed by atoms with van der Waals surface area (Å²) >= 11 is 11.9. The Morgan fingerprint density at radius 1 is 1.14 bits per heavy atom. The Kier molecular flexibility index (Phi) is 5.04. The lowest BCUT2D eigenvalue weighted by atomic mass is 10.1. The lowest BCUT2D eigenvalue weighted by molar-refractivity contribution is 0.0935. The van der Waals surface area contributed by atoms with Crippen LogP contribution in [0.15, 0.2) is 36.4 Å². The fourth-order valence-electron chi connectivity index (χ4n) is 1.84. The highest BCUT2D eigenvalue weighted by Gasteiger charge is 2.16. The van der Waals surface area contributed by atoms with Crippen molar-refractivity contribution in [3.63, 3.8) is 0 Å². The summed E-state index contributed by atoms with van der Waals surface area (Å²) in [5, 5.41) is 6.71. The average molecular weight is 324 g/mol. The Morgan fingerprint density at radius 2 is 1.81 bits per heavy atom. The third-order valence-corrected chi connectivity index (χ3v) is 3.59. The van der Waals surface area contributed by atoms with Crippen LogP contribution in [0.2, 0.25) is 10.0 Å². The number of aromatic nitrogens is 1. The summed E-state index contributed by atoms with van der Waals surface area (Å²) in [6.45, 7) is 1.89. The molecule has 0 aliphatic carbocycles. The van der Waals surface area contributed by atoms with Crippen LogP contribution in [0, 0.1) is 0 Å². The SMILES string of the molecule is CNc1ccc(Cl)c(C(=O)NC(C)c2ccc(Cl)cc2)n1. The first-order valence-electron chi connectivity index (χ1n) is 6.42. The Balaban J connectivity index is 2.15. The van der Waals surface area contributed by atoms with Crippen LogP contribution in [0.4, 0.5) is 5.82 Å². The van der Waals surface area contributed by atoms with Crippen molar-refractivity contribution in [2.24, 2.45) is 0 Å². The second-order valence-corrected chi connectivity index (χ2v) is 5.37. The molecule has 110 valence electrons. The highest BCUT2D eigenvalue weighted by Crippen LogP contribution is 2.19. The third-order valence-electron chi connectivity index (χ3n) is 3.03. The van der Waals surface area contributed by atoms with E-state index < -0.39 is 0 Å². The van der Waals surface area contributed by atoms with Crippen LogP contribution >= 0.6 is 23.2 Å². The molecule has 2 N–H and O–H groups in total. The number of pyridine rings is 1. The van der Waals surface area contributed by atoms with Gasteiger partial charge in [-0.3, -0.25) is 4.79 Å². The van der Waals surface area contributed by atoms with E-state index in [1.54, 1.807) is 31.3 Å². The lowest BCUT2D eigenvalue weighted by Crippen LogP contribution is -2.27. The van der Waals surface area contributed by atoms with Gasteiger partial charge in [-0.1, -0.05) is 35.3 Å².